The number of benzene rings is 1. The van der Waals surface area contributed by atoms with E-state index in [-0.39, 0.29) is 0 Å². The third kappa shape index (κ3) is 1.45. The summed E-state index contributed by atoms with van der Waals surface area (Å²) in [5.41, 5.74) is 2.08. The van der Waals surface area contributed by atoms with Crippen LogP contribution in [0.3, 0.4) is 0 Å². The zero-order chi connectivity index (χ0) is 9.97. The third-order valence-electron chi connectivity index (χ3n) is 2.24. The van der Waals surface area contributed by atoms with Gasteiger partial charge >= 0.3 is 0 Å². The van der Waals surface area contributed by atoms with Gasteiger partial charge in [-0.15, -0.1) is 0 Å². The van der Waals surface area contributed by atoms with Crippen LogP contribution in [0.1, 0.15) is 11.3 Å². The second kappa shape index (κ2) is 3.47. The van der Waals surface area contributed by atoms with Crippen molar-refractivity contribution in [3.05, 3.63) is 53.1 Å². The Hall–Kier alpha value is -1.88. The molecule has 0 aliphatic carbocycles. The fourth-order valence-electron chi connectivity index (χ4n) is 1.56. The van der Waals surface area contributed by atoms with E-state index in [9.17, 15) is 0 Å². The first-order valence-electron chi connectivity index (χ1n) is 4.49. The molecule has 0 atom stereocenters. The van der Waals surface area contributed by atoms with E-state index >= 15 is 0 Å². The fraction of sp³-hybridized carbons (Fsp3) is 0.167. The van der Waals surface area contributed by atoms with E-state index < -0.39 is 0 Å². The molecule has 0 aliphatic rings. The van der Waals surface area contributed by atoms with Gasteiger partial charge in [-0.25, -0.2) is 6.57 Å². The molecule has 2 rings (SSSR count). The summed E-state index contributed by atoms with van der Waals surface area (Å²) in [6, 6.07) is 8.03. The molecule has 0 saturated heterocycles. The van der Waals surface area contributed by atoms with E-state index in [1.54, 1.807) is 0 Å². The topological polar surface area (TPSA) is 17.2 Å². The molecule has 0 N–H and O–H groups in total. The molecule has 1 heterocycles. The van der Waals surface area contributed by atoms with Crippen LogP contribution >= 0.6 is 0 Å². The molecule has 2 aromatic rings. The molecule has 2 heteroatoms. The minimum Gasteiger partial charge on any atom is -0.312 e. The van der Waals surface area contributed by atoms with E-state index in [0.717, 1.165) is 22.0 Å². The minimum absolute atomic E-state index is 0.445. The van der Waals surface area contributed by atoms with Gasteiger partial charge in [0.1, 0.15) is 0 Å². The van der Waals surface area contributed by atoms with Crippen molar-refractivity contribution in [2.24, 2.45) is 0 Å². The highest BCUT2D eigenvalue weighted by Gasteiger charge is 2.02. The second-order valence-electron chi connectivity index (χ2n) is 3.28. The average molecular weight is 182 g/mol. The number of hydrogen-bond donors (Lipinski definition) is 0. The largest absolute Gasteiger partial charge is 0.312 e. The van der Waals surface area contributed by atoms with Gasteiger partial charge in [0.15, 0.2) is 0 Å². The maximum absolute atomic E-state index is 6.88. The normalized spacial score (nSPS) is 10.0. The Labute approximate surface area is 83.0 Å². The van der Waals surface area contributed by atoms with Crippen molar-refractivity contribution in [2.75, 3.05) is 0 Å². The highest BCUT2D eigenvalue weighted by molar-refractivity contribution is 5.85. The van der Waals surface area contributed by atoms with E-state index in [2.05, 4.69) is 9.83 Å². The first-order valence-corrected chi connectivity index (χ1v) is 4.49. The van der Waals surface area contributed by atoms with Gasteiger partial charge in [-0.2, -0.15) is 0 Å². The average Bonchev–Trinajstić information content (AvgIpc) is 2.19. The first kappa shape index (κ1) is 8.71. The van der Waals surface area contributed by atoms with Gasteiger partial charge < -0.3 is 4.85 Å². The third-order valence-corrected chi connectivity index (χ3v) is 2.24. The smallest absolute Gasteiger partial charge is 0.240 e. The van der Waals surface area contributed by atoms with Gasteiger partial charge in [0.05, 0.1) is 0 Å². The Bertz CT molecular complexity index is 509. The summed E-state index contributed by atoms with van der Waals surface area (Å²) in [6.07, 6.45) is 1.86. The molecule has 14 heavy (non-hydrogen) atoms. The van der Waals surface area contributed by atoms with Crippen LogP contribution in [-0.2, 0) is 6.54 Å². The number of aromatic nitrogens is 1. The zero-order valence-corrected chi connectivity index (χ0v) is 7.99. The Morgan fingerprint density at radius 3 is 3.07 bits per heavy atom. The maximum Gasteiger partial charge on any atom is 0.240 e. The van der Waals surface area contributed by atoms with Crippen molar-refractivity contribution in [3.63, 3.8) is 0 Å². The van der Waals surface area contributed by atoms with Crippen molar-refractivity contribution in [1.29, 1.82) is 0 Å². The first-order chi connectivity index (χ1) is 6.81. The van der Waals surface area contributed by atoms with Gasteiger partial charge in [-0.05, 0) is 18.4 Å². The van der Waals surface area contributed by atoms with Crippen LogP contribution in [0.4, 0.5) is 0 Å². The Morgan fingerprint density at radius 1 is 1.43 bits per heavy atom. The Kier molecular flexibility index (Phi) is 2.16. The molecule has 1 aromatic heterocycles. The minimum atomic E-state index is 0.445. The highest BCUT2D eigenvalue weighted by atomic mass is 14.7. The van der Waals surface area contributed by atoms with E-state index in [0.29, 0.717) is 6.54 Å². The number of fused-ring (bicyclic) bond motifs is 1. The summed E-state index contributed by atoms with van der Waals surface area (Å²) in [6.45, 7) is 9.29. The van der Waals surface area contributed by atoms with Crippen LogP contribution in [0.25, 0.3) is 15.6 Å². The number of pyridine rings is 1. The van der Waals surface area contributed by atoms with Crippen LogP contribution in [0, 0.1) is 13.5 Å². The lowest BCUT2D eigenvalue weighted by Crippen LogP contribution is -1.86. The molecule has 1 aromatic carbocycles. The predicted molar refractivity (Wildman–Crippen MR) is 56.8 cm³/mol. The van der Waals surface area contributed by atoms with Crippen molar-refractivity contribution in [3.8, 4) is 0 Å². The monoisotopic (exact) mass is 182 g/mol. The summed E-state index contributed by atoms with van der Waals surface area (Å²) >= 11 is 0. The molecular weight excluding hydrogens is 172 g/mol. The summed E-state index contributed by atoms with van der Waals surface area (Å²) in [5.74, 6) is 0. The van der Waals surface area contributed by atoms with Gasteiger partial charge in [-0.1, -0.05) is 18.2 Å². The lowest BCUT2D eigenvalue weighted by molar-refractivity contribution is 1.21. The Balaban J connectivity index is 2.72. The second-order valence-corrected chi connectivity index (χ2v) is 3.28. The summed E-state index contributed by atoms with van der Waals surface area (Å²) in [7, 11) is 0. The molecule has 68 valence electrons. The molecule has 0 radical (unpaired) electrons. The van der Waals surface area contributed by atoms with E-state index in [4.69, 9.17) is 6.57 Å². The lowest BCUT2D eigenvalue weighted by Gasteiger charge is -2.01. The number of rotatable bonds is 1. The molecule has 0 aliphatic heterocycles. The van der Waals surface area contributed by atoms with Crippen molar-refractivity contribution >= 4 is 10.8 Å². The molecule has 0 amide bonds. The van der Waals surface area contributed by atoms with Gasteiger partial charge in [-0.3, -0.25) is 4.98 Å². The maximum atomic E-state index is 6.88. The van der Waals surface area contributed by atoms with Gasteiger partial charge in [0.25, 0.3) is 0 Å². The predicted octanol–water partition coefficient (Wildman–Crippen LogP) is 2.96. The number of hydrogen-bond acceptors (Lipinski definition) is 1. The molecular formula is C12H10N2. The zero-order valence-electron chi connectivity index (χ0n) is 7.99. The SMILES string of the molecule is [C-]#[N+]Cc1cccc2cnc(C)cc12. The number of nitrogens with zero attached hydrogens (tertiary/aromatic N) is 2. The molecule has 0 spiro atoms. The van der Waals surface area contributed by atoms with E-state index in [1.807, 2.05) is 37.4 Å². The van der Waals surface area contributed by atoms with Crippen molar-refractivity contribution in [2.45, 2.75) is 13.5 Å². The van der Waals surface area contributed by atoms with Crippen LogP contribution in [0.2, 0.25) is 0 Å². The Morgan fingerprint density at radius 2 is 2.29 bits per heavy atom. The van der Waals surface area contributed by atoms with E-state index in [1.165, 1.54) is 0 Å². The van der Waals surface area contributed by atoms with Gasteiger partial charge in [0.2, 0.25) is 6.54 Å². The van der Waals surface area contributed by atoms with Crippen molar-refractivity contribution in [1.82, 2.24) is 4.98 Å². The van der Waals surface area contributed by atoms with Crippen molar-refractivity contribution < 1.29 is 0 Å². The van der Waals surface area contributed by atoms with Crippen LogP contribution in [-0.4, -0.2) is 4.98 Å². The summed E-state index contributed by atoms with van der Waals surface area (Å²) in [5, 5.41) is 2.26. The molecule has 0 bridgehead atoms. The van der Waals surface area contributed by atoms with Crippen LogP contribution < -0.4 is 0 Å². The lowest BCUT2D eigenvalue weighted by atomic mass is 10.1. The quantitative estimate of drug-likeness (QED) is 0.620. The highest BCUT2D eigenvalue weighted by Crippen LogP contribution is 2.19. The fourth-order valence-corrected chi connectivity index (χ4v) is 1.56. The van der Waals surface area contributed by atoms with Crippen LogP contribution in [0.5, 0.6) is 0 Å². The van der Waals surface area contributed by atoms with Crippen LogP contribution in [0.15, 0.2) is 30.5 Å². The summed E-state index contributed by atoms with van der Waals surface area (Å²) in [4.78, 5) is 7.65. The molecule has 0 unspecified atom stereocenters. The standard InChI is InChI=1S/C12H10N2/c1-9-6-12-10(7-13-2)4-3-5-11(12)8-14-9/h3-6,8H,7H2,1H3. The molecule has 0 fully saturated rings. The number of aryl methyl sites for hydroxylation is 1. The molecule has 2 nitrogen and oxygen atoms in total. The van der Waals surface area contributed by atoms with Gasteiger partial charge in [0, 0.05) is 22.8 Å². The molecule has 0 saturated carbocycles. The summed E-state index contributed by atoms with van der Waals surface area (Å²) < 4.78 is 0.